The molecule has 8 heteroatoms. The zero-order valence-electron chi connectivity index (χ0n) is 18.3. The normalized spacial score (nSPS) is 26.1. The molecule has 2 saturated heterocycles. The molecular formula is C25H23N3O5. The third-order valence-corrected chi connectivity index (χ3v) is 7.09. The summed E-state index contributed by atoms with van der Waals surface area (Å²) in [4.78, 5) is 54.8. The summed E-state index contributed by atoms with van der Waals surface area (Å²) >= 11 is 0. The van der Waals surface area contributed by atoms with Crippen LogP contribution in [0.25, 0.3) is 6.08 Å². The Morgan fingerprint density at radius 2 is 1.82 bits per heavy atom. The van der Waals surface area contributed by atoms with E-state index in [1.54, 1.807) is 0 Å². The van der Waals surface area contributed by atoms with Crippen LogP contribution >= 0.6 is 0 Å². The van der Waals surface area contributed by atoms with Crippen LogP contribution in [0.4, 0.5) is 11.4 Å². The van der Waals surface area contributed by atoms with Gasteiger partial charge < -0.3 is 4.90 Å². The summed E-state index contributed by atoms with van der Waals surface area (Å²) in [5.74, 6) is -2.52. The summed E-state index contributed by atoms with van der Waals surface area (Å²) in [5, 5.41) is 11.3. The number of nitro groups is 1. The van der Waals surface area contributed by atoms with Crippen LogP contribution in [0.15, 0.2) is 54.6 Å². The molecule has 168 valence electrons. The number of rotatable bonds is 5. The van der Waals surface area contributed by atoms with E-state index in [0.717, 1.165) is 11.3 Å². The maximum atomic E-state index is 13.9. The lowest BCUT2D eigenvalue weighted by Crippen LogP contribution is -2.50. The zero-order valence-corrected chi connectivity index (χ0v) is 18.3. The third kappa shape index (κ3) is 3.01. The van der Waals surface area contributed by atoms with Crippen LogP contribution in [0.3, 0.4) is 0 Å². The fourth-order valence-corrected chi connectivity index (χ4v) is 5.40. The number of hydrogen-bond acceptors (Lipinski definition) is 6. The summed E-state index contributed by atoms with van der Waals surface area (Å²) in [7, 11) is 0. The van der Waals surface area contributed by atoms with Gasteiger partial charge in [0.15, 0.2) is 5.78 Å². The van der Waals surface area contributed by atoms with Crippen molar-refractivity contribution < 1.29 is 19.3 Å². The van der Waals surface area contributed by atoms with Gasteiger partial charge in [-0.15, -0.1) is 0 Å². The molecule has 2 aromatic carbocycles. The molecule has 0 unspecified atom stereocenters. The molecule has 3 aliphatic heterocycles. The van der Waals surface area contributed by atoms with E-state index in [4.69, 9.17) is 0 Å². The predicted molar refractivity (Wildman–Crippen MR) is 122 cm³/mol. The highest BCUT2D eigenvalue weighted by atomic mass is 16.6. The second-order valence-corrected chi connectivity index (χ2v) is 8.79. The third-order valence-electron chi connectivity index (χ3n) is 7.09. The molecule has 5 atom stereocenters. The number of nitrogens with zero attached hydrogens (tertiary/aromatic N) is 3. The van der Waals surface area contributed by atoms with E-state index in [2.05, 4.69) is 0 Å². The van der Waals surface area contributed by atoms with Crippen LogP contribution in [-0.2, 0) is 9.59 Å². The average Bonchev–Trinajstić information content (AvgIpc) is 3.31. The van der Waals surface area contributed by atoms with Gasteiger partial charge in [-0.2, -0.15) is 0 Å². The smallest absolute Gasteiger partial charge is 0.270 e. The quantitative estimate of drug-likeness (QED) is 0.302. The number of imide groups is 1. The van der Waals surface area contributed by atoms with Crippen molar-refractivity contribution in [2.45, 2.75) is 38.4 Å². The predicted octanol–water partition coefficient (Wildman–Crippen LogP) is 3.46. The van der Waals surface area contributed by atoms with Gasteiger partial charge in [0.1, 0.15) is 6.04 Å². The number of hydrogen-bond donors (Lipinski definition) is 0. The van der Waals surface area contributed by atoms with Gasteiger partial charge in [-0.3, -0.25) is 29.4 Å². The van der Waals surface area contributed by atoms with Gasteiger partial charge in [0.2, 0.25) is 11.8 Å². The van der Waals surface area contributed by atoms with Gasteiger partial charge in [-0.1, -0.05) is 49.4 Å². The Kier molecular flexibility index (Phi) is 4.88. The SMILES string of the molecule is CC[C@@H](C)N1C(=O)[C@@H]2[C@@H](C1=O)[C@@H]1C=Cc3ccccc3N1[C@@H]2C(=O)c1cccc([N+](=O)[O-])c1. The second-order valence-electron chi connectivity index (χ2n) is 8.79. The van der Waals surface area contributed by atoms with Crippen molar-refractivity contribution in [1.29, 1.82) is 0 Å². The van der Waals surface area contributed by atoms with E-state index < -0.39 is 34.6 Å². The highest BCUT2D eigenvalue weighted by molar-refractivity contribution is 6.14. The number of anilines is 1. The molecule has 0 aliphatic carbocycles. The first kappa shape index (κ1) is 21.1. The molecule has 0 spiro atoms. The molecule has 2 fully saturated rings. The van der Waals surface area contributed by atoms with Crippen LogP contribution < -0.4 is 4.90 Å². The van der Waals surface area contributed by atoms with Crippen molar-refractivity contribution >= 4 is 35.0 Å². The van der Waals surface area contributed by atoms with Crippen LogP contribution in [0.2, 0.25) is 0 Å². The minimum atomic E-state index is -0.932. The first-order valence-electron chi connectivity index (χ1n) is 11.1. The number of para-hydroxylation sites is 1. The Bertz CT molecular complexity index is 1220. The van der Waals surface area contributed by atoms with Crippen molar-refractivity contribution in [3.8, 4) is 0 Å². The number of carbonyl (C=O) groups excluding carboxylic acids is 3. The standard InChI is InChI=1S/C25H23N3O5/c1-3-14(2)26-24(30)20-19-12-11-15-7-4-5-10-18(15)27(19)22(21(20)25(26)31)23(29)16-8-6-9-17(13-16)28(32)33/h4-14,19-22H,3H2,1-2H3/t14-,19+,20+,21-,22+/m1/s1. The fourth-order valence-electron chi connectivity index (χ4n) is 5.40. The van der Waals surface area contributed by atoms with E-state index >= 15 is 0 Å². The number of benzene rings is 2. The topological polar surface area (TPSA) is 101 Å². The number of Topliss-reactive ketones (excluding diaryl/α,β-unsaturated/α-hetero) is 1. The van der Waals surface area contributed by atoms with Crippen molar-refractivity contribution in [3.05, 3.63) is 75.8 Å². The molecule has 3 heterocycles. The van der Waals surface area contributed by atoms with E-state index in [1.807, 2.05) is 55.2 Å². The first-order valence-corrected chi connectivity index (χ1v) is 11.1. The van der Waals surface area contributed by atoms with Gasteiger partial charge in [0.05, 0.1) is 22.8 Å². The summed E-state index contributed by atoms with van der Waals surface area (Å²) in [6.07, 6.45) is 4.44. The lowest BCUT2D eigenvalue weighted by atomic mass is 9.86. The second kappa shape index (κ2) is 7.65. The monoisotopic (exact) mass is 445 g/mol. The van der Waals surface area contributed by atoms with Crippen LogP contribution in [0.1, 0.15) is 36.2 Å². The number of non-ortho nitro benzene ring substituents is 1. The Balaban J connectivity index is 1.65. The molecule has 0 N–H and O–H groups in total. The van der Waals surface area contributed by atoms with Gasteiger partial charge in [0.25, 0.3) is 5.69 Å². The fraction of sp³-hybridized carbons (Fsp3) is 0.320. The minimum absolute atomic E-state index is 0.155. The molecular weight excluding hydrogens is 422 g/mol. The Hall–Kier alpha value is -3.81. The maximum Gasteiger partial charge on any atom is 0.270 e. The molecule has 0 radical (unpaired) electrons. The van der Waals surface area contributed by atoms with E-state index in [-0.39, 0.29) is 29.1 Å². The lowest BCUT2D eigenvalue weighted by molar-refractivity contribution is -0.384. The molecule has 0 bridgehead atoms. The highest BCUT2D eigenvalue weighted by Crippen LogP contribution is 2.49. The van der Waals surface area contributed by atoms with E-state index in [9.17, 15) is 24.5 Å². The molecule has 33 heavy (non-hydrogen) atoms. The van der Waals surface area contributed by atoms with Gasteiger partial charge >= 0.3 is 0 Å². The number of fused-ring (bicyclic) bond motifs is 5. The molecule has 0 saturated carbocycles. The highest BCUT2D eigenvalue weighted by Gasteiger charge is 2.64. The molecule has 0 aromatic heterocycles. The van der Waals surface area contributed by atoms with Crippen LogP contribution in [-0.4, -0.2) is 45.5 Å². The molecule has 5 rings (SSSR count). The van der Waals surface area contributed by atoms with E-state index in [0.29, 0.717) is 6.42 Å². The molecule has 2 amide bonds. The largest absolute Gasteiger partial charge is 0.352 e. The van der Waals surface area contributed by atoms with Gasteiger partial charge in [-0.05, 0) is 25.0 Å². The summed E-state index contributed by atoms with van der Waals surface area (Å²) in [5.41, 5.74) is 1.63. The van der Waals surface area contributed by atoms with Crippen molar-refractivity contribution in [2.75, 3.05) is 4.90 Å². The summed E-state index contributed by atoms with van der Waals surface area (Å²) in [6, 6.07) is 11.5. The van der Waals surface area contributed by atoms with Crippen LogP contribution in [0, 0.1) is 22.0 Å². The lowest BCUT2D eigenvalue weighted by Gasteiger charge is -2.37. The molecule has 3 aliphatic rings. The van der Waals surface area contributed by atoms with Crippen molar-refractivity contribution in [2.24, 2.45) is 11.8 Å². The van der Waals surface area contributed by atoms with Gasteiger partial charge in [0, 0.05) is 29.4 Å². The summed E-state index contributed by atoms with van der Waals surface area (Å²) < 4.78 is 0. The Morgan fingerprint density at radius 1 is 1.09 bits per heavy atom. The number of amides is 2. The number of ketones is 1. The number of likely N-dealkylation sites (tertiary alicyclic amines) is 1. The van der Waals surface area contributed by atoms with E-state index in [1.165, 1.54) is 29.2 Å². The maximum absolute atomic E-state index is 13.9. The Morgan fingerprint density at radius 3 is 2.55 bits per heavy atom. The first-order chi connectivity index (χ1) is 15.8. The Labute approximate surface area is 190 Å². The number of carbonyl (C=O) groups is 3. The zero-order chi connectivity index (χ0) is 23.4. The van der Waals surface area contributed by atoms with Crippen molar-refractivity contribution in [3.63, 3.8) is 0 Å². The van der Waals surface area contributed by atoms with Crippen LogP contribution in [0.5, 0.6) is 0 Å². The molecule has 2 aromatic rings. The molecule has 8 nitrogen and oxygen atoms in total. The average molecular weight is 445 g/mol. The number of nitro benzene ring substituents is 1. The summed E-state index contributed by atoms with van der Waals surface area (Å²) in [6.45, 7) is 3.74. The minimum Gasteiger partial charge on any atom is -0.352 e. The van der Waals surface area contributed by atoms with Crippen molar-refractivity contribution in [1.82, 2.24) is 4.90 Å². The van der Waals surface area contributed by atoms with Gasteiger partial charge in [-0.25, -0.2) is 0 Å².